The minimum Gasteiger partial charge on any atom is -0.497 e. The second kappa shape index (κ2) is 8.62. The number of ether oxygens (including phenoxy) is 1. The molecule has 0 radical (unpaired) electrons. The lowest BCUT2D eigenvalue weighted by Gasteiger charge is -2.09. The van der Waals surface area contributed by atoms with E-state index in [1.165, 1.54) is 11.8 Å². The van der Waals surface area contributed by atoms with Crippen molar-refractivity contribution >= 4 is 35.0 Å². The predicted octanol–water partition coefficient (Wildman–Crippen LogP) is 4.14. The van der Waals surface area contributed by atoms with Crippen molar-refractivity contribution in [3.8, 4) is 17.5 Å². The van der Waals surface area contributed by atoms with Gasteiger partial charge in [0.1, 0.15) is 11.8 Å². The zero-order chi connectivity index (χ0) is 19.2. The van der Waals surface area contributed by atoms with Crippen LogP contribution in [-0.2, 0) is 4.79 Å². The van der Waals surface area contributed by atoms with Crippen molar-refractivity contribution in [3.63, 3.8) is 0 Å². The van der Waals surface area contributed by atoms with Gasteiger partial charge in [0.2, 0.25) is 5.91 Å². The number of nitriles is 1. The SMILES string of the molecule is COc1ccc(-n2ccnc2SCC(=O)Nc2ccc(C#N)c(Cl)c2)cc1. The lowest BCUT2D eigenvalue weighted by molar-refractivity contribution is -0.113. The standard InChI is InChI=1S/C19H15ClN4O2S/c1-26-16-6-4-15(5-7-16)24-9-8-22-19(24)27-12-18(25)23-14-3-2-13(11-21)17(20)10-14/h2-10H,12H2,1H3,(H,23,25). The third-order valence-corrected chi connectivity index (χ3v) is 4.94. The van der Waals surface area contributed by atoms with Crippen LogP contribution in [0.4, 0.5) is 5.69 Å². The first kappa shape index (κ1) is 18.8. The number of nitrogens with zero attached hydrogens (tertiary/aromatic N) is 3. The average molecular weight is 399 g/mol. The molecule has 8 heteroatoms. The average Bonchev–Trinajstić information content (AvgIpc) is 3.15. The van der Waals surface area contributed by atoms with Crippen LogP contribution in [0.1, 0.15) is 5.56 Å². The smallest absolute Gasteiger partial charge is 0.234 e. The summed E-state index contributed by atoms with van der Waals surface area (Å²) in [7, 11) is 1.62. The van der Waals surface area contributed by atoms with Crippen LogP contribution in [0.3, 0.4) is 0 Å². The lowest BCUT2D eigenvalue weighted by atomic mass is 10.2. The molecule has 1 N–H and O–H groups in total. The van der Waals surface area contributed by atoms with Gasteiger partial charge in [-0.05, 0) is 42.5 Å². The summed E-state index contributed by atoms with van der Waals surface area (Å²) in [5.74, 6) is 0.767. The normalized spacial score (nSPS) is 10.3. The Bertz CT molecular complexity index is 996. The van der Waals surface area contributed by atoms with Crippen molar-refractivity contribution in [2.45, 2.75) is 5.16 Å². The van der Waals surface area contributed by atoms with Crippen LogP contribution in [0, 0.1) is 11.3 Å². The molecule has 0 unspecified atom stereocenters. The highest BCUT2D eigenvalue weighted by atomic mass is 35.5. The van der Waals surface area contributed by atoms with E-state index in [9.17, 15) is 4.79 Å². The molecule has 0 spiro atoms. The van der Waals surface area contributed by atoms with Gasteiger partial charge < -0.3 is 10.1 Å². The molecule has 2 aromatic carbocycles. The molecule has 136 valence electrons. The van der Waals surface area contributed by atoms with E-state index >= 15 is 0 Å². The Balaban J connectivity index is 1.63. The summed E-state index contributed by atoms with van der Waals surface area (Å²) in [5.41, 5.74) is 1.84. The van der Waals surface area contributed by atoms with Gasteiger partial charge in [-0.3, -0.25) is 9.36 Å². The number of amides is 1. The van der Waals surface area contributed by atoms with Crippen LogP contribution in [0.15, 0.2) is 60.0 Å². The van der Waals surface area contributed by atoms with Crippen LogP contribution in [0.25, 0.3) is 5.69 Å². The molecule has 1 heterocycles. The Morgan fingerprint density at radius 1 is 1.33 bits per heavy atom. The second-order valence-corrected chi connectivity index (χ2v) is 6.77. The third-order valence-electron chi connectivity index (χ3n) is 3.66. The fourth-order valence-electron chi connectivity index (χ4n) is 2.35. The van der Waals surface area contributed by atoms with E-state index in [-0.39, 0.29) is 11.7 Å². The molecule has 0 saturated heterocycles. The largest absolute Gasteiger partial charge is 0.497 e. The summed E-state index contributed by atoms with van der Waals surface area (Å²) in [4.78, 5) is 16.5. The van der Waals surface area contributed by atoms with E-state index in [1.807, 2.05) is 41.1 Å². The summed E-state index contributed by atoms with van der Waals surface area (Å²) in [5, 5.41) is 12.7. The molecular formula is C19H15ClN4O2S. The summed E-state index contributed by atoms with van der Waals surface area (Å²) in [6.45, 7) is 0. The number of aromatic nitrogens is 2. The number of imidazole rings is 1. The maximum Gasteiger partial charge on any atom is 0.234 e. The van der Waals surface area contributed by atoms with Crippen molar-refractivity contribution in [1.29, 1.82) is 5.26 Å². The van der Waals surface area contributed by atoms with Gasteiger partial charge in [-0.1, -0.05) is 23.4 Å². The van der Waals surface area contributed by atoms with E-state index in [2.05, 4.69) is 10.3 Å². The predicted molar refractivity (Wildman–Crippen MR) is 106 cm³/mol. The first-order chi connectivity index (χ1) is 13.1. The van der Waals surface area contributed by atoms with Gasteiger partial charge >= 0.3 is 0 Å². The molecule has 6 nitrogen and oxygen atoms in total. The van der Waals surface area contributed by atoms with Crippen LogP contribution >= 0.6 is 23.4 Å². The third kappa shape index (κ3) is 4.61. The molecule has 3 aromatic rings. The maximum atomic E-state index is 12.2. The molecule has 3 rings (SSSR count). The van der Waals surface area contributed by atoms with Gasteiger partial charge in [0.25, 0.3) is 0 Å². The first-order valence-corrected chi connectivity index (χ1v) is 9.27. The number of carbonyl (C=O) groups excluding carboxylic acids is 1. The number of benzene rings is 2. The molecule has 0 aliphatic carbocycles. The number of nitrogens with one attached hydrogen (secondary N) is 1. The van der Waals surface area contributed by atoms with Gasteiger partial charge in [0, 0.05) is 23.8 Å². The summed E-state index contributed by atoms with van der Waals surface area (Å²) in [6.07, 6.45) is 3.52. The number of methoxy groups -OCH3 is 1. The van der Waals surface area contributed by atoms with Crippen LogP contribution < -0.4 is 10.1 Å². The van der Waals surface area contributed by atoms with Gasteiger partial charge in [-0.25, -0.2) is 4.98 Å². The molecule has 27 heavy (non-hydrogen) atoms. The van der Waals surface area contributed by atoms with Crippen molar-refractivity contribution in [2.24, 2.45) is 0 Å². The van der Waals surface area contributed by atoms with Gasteiger partial charge in [-0.15, -0.1) is 0 Å². The highest BCUT2D eigenvalue weighted by Crippen LogP contribution is 2.23. The highest BCUT2D eigenvalue weighted by molar-refractivity contribution is 7.99. The van der Waals surface area contributed by atoms with E-state index < -0.39 is 0 Å². The molecule has 0 aliphatic heterocycles. The zero-order valence-corrected chi connectivity index (χ0v) is 15.9. The zero-order valence-electron chi connectivity index (χ0n) is 14.3. The Morgan fingerprint density at radius 2 is 2.11 bits per heavy atom. The number of carbonyl (C=O) groups is 1. The number of hydrogen-bond donors (Lipinski definition) is 1. The van der Waals surface area contributed by atoms with E-state index in [0.29, 0.717) is 21.4 Å². The second-order valence-electron chi connectivity index (χ2n) is 5.42. The number of halogens is 1. The van der Waals surface area contributed by atoms with Crippen molar-refractivity contribution in [3.05, 3.63) is 65.4 Å². The maximum absolute atomic E-state index is 12.2. The van der Waals surface area contributed by atoms with E-state index in [1.54, 1.807) is 31.5 Å². The monoisotopic (exact) mass is 398 g/mol. The van der Waals surface area contributed by atoms with Crippen LogP contribution in [0.5, 0.6) is 5.75 Å². The molecule has 0 bridgehead atoms. The Kier molecular flexibility index (Phi) is 6.01. The molecule has 1 amide bonds. The fraction of sp³-hybridized carbons (Fsp3) is 0.105. The van der Waals surface area contributed by atoms with Crippen molar-refractivity contribution in [2.75, 3.05) is 18.2 Å². The Hall–Kier alpha value is -2.95. The molecule has 0 fully saturated rings. The number of rotatable bonds is 6. The Labute approximate surface area is 165 Å². The minimum absolute atomic E-state index is 0.185. The highest BCUT2D eigenvalue weighted by Gasteiger charge is 2.10. The van der Waals surface area contributed by atoms with E-state index in [0.717, 1.165) is 11.4 Å². The number of thioether (sulfide) groups is 1. The van der Waals surface area contributed by atoms with Crippen LogP contribution in [-0.4, -0.2) is 28.3 Å². The van der Waals surface area contributed by atoms with Gasteiger partial charge in [0.15, 0.2) is 5.16 Å². The fourth-order valence-corrected chi connectivity index (χ4v) is 3.34. The topological polar surface area (TPSA) is 79.9 Å². The number of anilines is 1. The first-order valence-electron chi connectivity index (χ1n) is 7.91. The Morgan fingerprint density at radius 3 is 2.78 bits per heavy atom. The molecule has 0 atom stereocenters. The van der Waals surface area contributed by atoms with Gasteiger partial charge in [0.05, 0.1) is 23.4 Å². The molecule has 0 saturated carbocycles. The van der Waals surface area contributed by atoms with Crippen LogP contribution in [0.2, 0.25) is 5.02 Å². The van der Waals surface area contributed by atoms with Crippen molar-refractivity contribution in [1.82, 2.24) is 9.55 Å². The van der Waals surface area contributed by atoms with E-state index in [4.69, 9.17) is 21.6 Å². The van der Waals surface area contributed by atoms with Crippen molar-refractivity contribution < 1.29 is 9.53 Å². The number of hydrogen-bond acceptors (Lipinski definition) is 5. The van der Waals surface area contributed by atoms with Gasteiger partial charge in [-0.2, -0.15) is 5.26 Å². The quantitative estimate of drug-likeness (QED) is 0.631. The molecule has 1 aromatic heterocycles. The molecule has 0 aliphatic rings. The molecular weight excluding hydrogens is 384 g/mol. The summed E-state index contributed by atoms with van der Waals surface area (Å²) < 4.78 is 7.06. The lowest BCUT2D eigenvalue weighted by Crippen LogP contribution is -2.14. The minimum atomic E-state index is -0.190. The summed E-state index contributed by atoms with van der Waals surface area (Å²) >= 11 is 7.30. The summed E-state index contributed by atoms with van der Waals surface area (Å²) in [6, 6.07) is 14.3.